The fourth-order valence-corrected chi connectivity index (χ4v) is 2.59. The molecule has 0 unspecified atom stereocenters. The first-order chi connectivity index (χ1) is 9.39. The Morgan fingerprint density at radius 3 is 1.55 bits per heavy atom. The fourth-order valence-electron chi connectivity index (χ4n) is 2.59. The first-order valence-electron chi connectivity index (χ1n) is 7.82. The molecule has 0 heterocycles. The number of carbonyl (C=O) groups excluding carboxylic acids is 2. The van der Waals surface area contributed by atoms with Gasteiger partial charge in [-0.25, -0.2) is 0 Å². The summed E-state index contributed by atoms with van der Waals surface area (Å²) in [4.78, 5) is 22.4. The molecule has 0 aromatic rings. The van der Waals surface area contributed by atoms with Crippen molar-refractivity contribution < 1.29 is 101 Å². The van der Waals surface area contributed by atoms with Crippen LogP contribution >= 0.6 is 0 Å². The molecule has 0 aromatic heterocycles. The van der Waals surface area contributed by atoms with Gasteiger partial charge in [-0.2, -0.15) is 0 Å². The molecule has 0 fully saturated rings. The van der Waals surface area contributed by atoms with Crippen LogP contribution in [0.15, 0.2) is 0 Å². The Hall–Kier alpha value is 1.58. The van der Waals surface area contributed by atoms with E-state index in [0.29, 0.717) is 6.42 Å². The Labute approximate surface area is 199 Å². The summed E-state index contributed by atoms with van der Waals surface area (Å²) in [5, 5.41) is 22.4. The van der Waals surface area contributed by atoms with Crippen LogP contribution in [0, 0.1) is 11.3 Å². The van der Waals surface area contributed by atoms with Crippen molar-refractivity contribution in [3.63, 3.8) is 0 Å². The third-order valence-electron chi connectivity index (χ3n) is 4.14. The zero-order chi connectivity index (χ0) is 15.6. The van der Waals surface area contributed by atoms with E-state index in [4.69, 9.17) is 0 Å². The van der Waals surface area contributed by atoms with Crippen LogP contribution in [0.4, 0.5) is 0 Å². The maximum absolute atomic E-state index is 11.2. The summed E-state index contributed by atoms with van der Waals surface area (Å²) >= 11 is 0. The standard InChI is InChI=1S/C16H30O4.K.Na/c1-4-5-6-7-8-9-10-11-12-16(13(2)3,14(17)18)15(19)20;;/h13H,4-12H2,1-3H3,(H,17,18)(H,19,20);;/q;2*+1/p-2. The molecular weight excluding hydrogens is 318 g/mol. The van der Waals surface area contributed by atoms with Crippen molar-refractivity contribution in [2.24, 2.45) is 11.3 Å². The third-order valence-corrected chi connectivity index (χ3v) is 4.14. The van der Waals surface area contributed by atoms with Crippen LogP contribution in [0.25, 0.3) is 0 Å². The summed E-state index contributed by atoms with van der Waals surface area (Å²) in [5.41, 5.74) is -1.85. The second kappa shape index (κ2) is 16.1. The molecule has 4 nitrogen and oxygen atoms in total. The van der Waals surface area contributed by atoms with Gasteiger partial charge in [0.1, 0.15) is 0 Å². The van der Waals surface area contributed by atoms with E-state index in [1.54, 1.807) is 13.8 Å². The van der Waals surface area contributed by atoms with Crippen LogP contribution in [-0.4, -0.2) is 11.9 Å². The van der Waals surface area contributed by atoms with Crippen LogP contribution in [0.2, 0.25) is 0 Å². The van der Waals surface area contributed by atoms with Crippen molar-refractivity contribution in [2.45, 2.75) is 78.6 Å². The van der Waals surface area contributed by atoms with Crippen LogP contribution in [0.1, 0.15) is 78.6 Å². The van der Waals surface area contributed by atoms with E-state index < -0.39 is 23.3 Å². The third kappa shape index (κ3) is 9.77. The van der Waals surface area contributed by atoms with Gasteiger partial charge in [0, 0.05) is 0 Å². The van der Waals surface area contributed by atoms with Gasteiger partial charge in [-0.05, 0) is 12.3 Å². The topological polar surface area (TPSA) is 80.3 Å². The van der Waals surface area contributed by atoms with E-state index in [1.807, 2.05) is 0 Å². The quantitative estimate of drug-likeness (QED) is 0.203. The molecule has 118 valence electrons. The average Bonchev–Trinajstić information content (AvgIpc) is 2.35. The zero-order valence-corrected chi connectivity index (χ0v) is 20.2. The number of rotatable bonds is 12. The molecule has 0 N–H and O–H groups in total. The Bertz CT molecular complexity index is 295. The van der Waals surface area contributed by atoms with Crippen LogP contribution in [0.5, 0.6) is 0 Å². The summed E-state index contributed by atoms with van der Waals surface area (Å²) in [6.07, 6.45) is 8.62. The fraction of sp³-hybridized carbons (Fsp3) is 0.875. The molecule has 0 aliphatic heterocycles. The molecule has 0 aliphatic rings. The van der Waals surface area contributed by atoms with E-state index in [2.05, 4.69) is 6.92 Å². The number of hydrogen-bond donors (Lipinski definition) is 0. The zero-order valence-electron chi connectivity index (χ0n) is 15.1. The van der Waals surface area contributed by atoms with Crippen LogP contribution in [-0.2, 0) is 9.59 Å². The Kier molecular flexibility index (Phi) is 20.7. The average molecular weight is 346 g/mol. The van der Waals surface area contributed by atoms with E-state index in [-0.39, 0.29) is 87.4 Å². The summed E-state index contributed by atoms with van der Waals surface area (Å²) < 4.78 is 0. The molecule has 0 aromatic carbocycles. The number of hydrogen-bond acceptors (Lipinski definition) is 4. The Morgan fingerprint density at radius 2 is 1.23 bits per heavy atom. The Balaban J connectivity index is -0.00000180. The van der Waals surface area contributed by atoms with Crippen molar-refractivity contribution in [3.8, 4) is 0 Å². The summed E-state index contributed by atoms with van der Waals surface area (Å²) in [6, 6.07) is 0. The SMILES string of the molecule is CCCCCCCCCCC(C(=O)[O-])(C(=O)[O-])C(C)C.[K+].[Na+]. The maximum Gasteiger partial charge on any atom is 1.00 e. The van der Waals surface area contributed by atoms with Gasteiger partial charge in [0.25, 0.3) is 0 Å². The molecule has 0 radical (unpaired) electrons. The molecule has 0 rings (SSSR count). The van der Waals surface area contributed by atoms with Gasteiger partial charge in [0.2, 0.25) is 0 Å². The summed E-state index contributed by atoms with van der Waals surface area (Å²) in [5.74, 6) is -3.56. The molecule has 0 amide bonds. The smallest absolute Gasteiger partial charge is 0.549 e. The van der Waals surface area contributed by atoms with E-state index >= 15 is 0 Å². The second-order valence-corrected chi connectivity index (χ2v) is 5.93. The van der Waals surface area contributed by atoms with Crippen molar-refractivity contribution >= 4 is 11.9 Å². The Morgan fingerprint density at radius 1 is 0.864 bits per heavy atom. The minimum absolute atomic E-state index is 0. The van der Waals surface area contributed by atoms with Crippen molar-refractivity contribution in [3.05, 3.63) is 0 Å². The van der Waals surface area contributed by atoms with Crippen molar-refractivity contribution in [1.82, 2.24) is 0 Å². The molecule has 0 spiro atoms. The number of carboxylic acids is 2. The normalized spacial score (nSPS) is 10.7. The largest absolute Gasteiger partial charge is 1.00 e. The maximum atomic E-state index is 11.2. The predicted octanol–water partition coefficient (Wildman–Crippen LogP) is -4.33. The number of aliphatic carboxylic acids is 2. The first kappa shape index (κ1) is 28.4. The molecular formula is C16H28KNaO4. The monoisotopic (exact) mass is 346 g/mol. The first-order valence-corrected chi connectivity index (χ1v) is 7.82. The minimum atomic E-state index is -1.85. The van der Waals surface area contributed by atoms with Gasteiger partial charge in [0.15, 0.2) is 0 Å². The molecule has 0 aliphatic carbocycles. The molecule has 0 saturated heterocycles. The molecule has 6 heteroatoms. The summed E-state index contributed by atoms with van der Waals surface area (Å²) in [7, 11) is 0. The van der Waals surface area contributed by atoms with Crippen molar-refractivity contribution in [1.29, 1.82) is 0 Å². The van der Waals surface area contributed by atoms with E-state index in [9.17, 15) is 19.8 Å². The van der Waals surface area contributed by atoms with Gasteiger partial charge in [-0.15, -0.1) is 0 Å². The second-order valence-electron chi connectivity index (χ2n) is 5.93. The van der Waals surface area contributed by atoms with Gasteiger partial charge in [0.05, 0.1) is 17.4 Å². The number of carboxylic acid groups (broad SMARTS) is 2. The van der Waals surface area contributed by atoms with Gasteiger partial charge in [-0.3, -0.25) is 0 Å². The number of carbonyl (C=O) groups is 2. The van der Waals surface area contributed by atoms with Crippen molar-refractivity contribution in [2.75, 3.05) is 0 Å². The predicted molar refractivity (Wildman–Crippen MR) is 74.5 cm³/mol. The van der Waals surface area contributed by atoms with E-state index in [0.717, 1.165) is 19.3 Å². The molecule has 0 bridgehead atoms. The van der Waals surface area contributed by atoms with Crippen LogP contribution in [0.3, 0.4) is 0 Å². The van der Waals surface area contributed by atoms with E-state index in [1.165, 1.54) is 25.7 Å². The van der Waals surface area contributed by atoms with Gasteiger partial charge >= 0.3 is 80.9 Å². The van der Waals surface area contributed by atoms with Gasteiger partial charge < -0.3 is 19.8 Å². The summed E-state index contributed by atoms with van der Waals surface area (Å²) in [6.45, 7) is 5.36. The number of unbranched alkanes of at least 4 members (excludes halogenated alkanes) is 7. The molecule has 0 saturated carbocycles. The molecule has 0 atom stereocenters. The van der Waals surface area contributed by atoms with Gasteiger partial charge in [-0.1, -0.05) is 72.1 Å². The minimum Gasteiger partial charge on any atom is -0.549 e. The molecule has 22 heavy (non-hydrogen) atoms. The van der Waals surface area contributed by atoms with Crippen LogP contribution < -0.4 is 91.2 Å².